The second-order valence-corrected chi connectivity index (χ2v) is 12.5. The van der Waals surface area contributed by atoms with Crippen LogP contribution in [0.15, 0.2) is 54.6 Å². The zero-order valence-electron chi connectivity index (χ0n) is 21.3. The minimum atomic E-state index is -3.12. The minimum absolute atomic E-state index is 0.0238. The van der Waals surface area contributed by atoms with Crippen molar-refractivity contribution in [2.24, 2.45) is 0 Å². The number of amides is 1. The number of carbonyl (C=O) groups is 1. The van der Waals surface area contributed by atoms with Gasteiger partial charge in [-0.3, -0.25) is 4.79 Å². The van der Waals surface area contributed by atoms with Crippen molar-refractivity contribution < 1.29 is 13.2 Å². The van der Waals surface area contributed by atoms with Crippen LogP contribution in [0.25, 0.3) is 22.3 Å². The monoisotopic (exact) mass is 514 g/mol. The van der Waals surface area contributed by atoms with Crippen LogP contribution >= 0.6 is 0 Å². The van der Waals surface area contributed by atoms with Gasteiger partial charge in [0, 0.05) is 17.3 Å². The Morgan fingerprint density at radius 3 is 2.57 bits per heavy atom. The van der Waals surface area contributed by atoms with Crippen molar-refractivity contribution in [3.8, 4) is 11.3 Å². The molecule has 0 N–H and O–H groups in total. The maximum atomic E-state index is 14.3. The van der Waals surface area contributed by atoms with Crippen molar-refractivity contribution in [3.05, 3.63) is 77.0 Å². The van der Waals surface area contributed by atoms with Gasteiger partial charge in [-0.15, -0.1) is 0 Å². The van der Waals surface area contributed by atoms with Crippen LogP contribution in [0, 0.1) is 6.92 Å². The summed E-state index contributed by atoms with van der Waals surface area (Å²) in [6.07, 6.45) is 2.24. The van der Waals surface area contributed by atoms with Crippen molar-refractivity contribution in [2.45, 2.75) is 52.1 Å². The topological polar surface area (TPSA) is 85.2 Å². The number of sulfone groups is 1. The zero-order chi connectivity index (χ0) is 25.9. The first kappa shape index (κ1) is 23.9. The molecule has 0 saturated carbocycles. The van der Waals surface area contributed by atoms with Crippen LogP contribution in [0.3, 0.4) is 0 Å². The molecule has 2 aromatic heterocycles. The second kappa shape index (κ2) is 8.80. The number of hydrogen-bond donors (Lipinski definition) is 0. The molecule has 2 aromatic carbocycles. The summed E-state index contributed by atoms with van der Waals surface area (Å²) in [5.41, 5.74) is 6.71. The first-order valence-electron chi connectivity index (χ1n) is 12.9. The number of hydrogen-bond acceptors (Lipinski definition) is 5. The van der Waals surface area contributed by atoms with Crippen molar-refractivity contribution in [1.29, 1.82) is 0 Å². The van der Waals surface area contributed by atoms with Crippen LogP contribution in [0.5, 0.6) is 0 Å². The molecular formula is C29H30N4O3S. The zero-order valence-corrected chi connectivity index (χ0v) is 22.1. The summed E-state index contributed by atoms with van der Waals surface area (Å²) in [5.74, 6) is 0.0996. The van der Waals surface area contributed by atoms with Crippen molar-refractivity contribution >= 4 is 32.5 Å². The number of aryl methyl sites for hydroxylation is 2. The fourth-order valence-corrected chi connectivity index (χ4v) is 7.46. The molecule has 2 unspecified atom stereocenters. The normalized spacial score (nSPS) is 20.5. The lowest BCUT2D eigenvalue weighted by Gasteiger charge is -2.23. The predicted octanol–water partition coefficient (Wildman–Crippen LogP) is 4.92. The average Bonchev–Trinajstić information content (AvgIpc) is 3.54. The quantitative estimate of drug-likeness (QED) is 0.386. The van der Waals surface area contributed by atoms with Gasteiger partial charge < -0.3 is 4.90 Å². The van der Waals surface area contributed by atoms with Crippen LogP contribution in [0.4, 0.5) is 5.69 Å². The maximum absolute atomic E-state index is 14.3. The van der Waals surface area contributed by atoms with Gasteiger partial charge in [0.1, 0.15) is 0 Å². The number of fused-ring (bicyclic) bond motifs is 2. The Kier molecular flexibility index (Phi) is 5.67. The van der Waals surface area contributed by atoms with E-state index in [1.54, 1.807) is 4.68 Å². The summed E-state index contributed by atoms with van der Waals surface area (Å²) in [6.45, 7) is 6.06. The number of para-hydroxylation sites is 1. The number of rotatable bonds is 4. The van der Waals surface area contributed by atoms with Crippen LogP contribution in [-0.2, 0) is 22.7 Å². The molecule has 1 saturated heterocycles. The van der Waals surface area contributed by atoms with Gasteiger partial charge in [-0.2, -0.15) is 5.10 Å². The Bertz CT molecular complexity index is 1640. The van der Waals surface area contributed by atoms with Gasteiger partial charge in [0.05, 0.1) is 39.9 Å². The Labute approximate surface area is 217 Å². The molecular weight excluding hydrogens is 484 g/mol. The molecule has 1 amide bonds. The lowest BCUT2D eigenvalue weighted by Crippen LogP contribution is -2.36. The average molecular weight is 515 g/mol. The number of pyridine rings is 1. The van der Waals surface area contributed by atoms with E-state index in [4.69, 9.17) is 10.1 Å². The summed E-state index contributed by atoms with van der Waals surface area (Å²) in [7, 11) is -3.12. The van der Waals surface area contributed by atoms with Crippen LogP contribution in [0.1, 0.15) is 53.5 Å². The summed E-state index contributed by atoms with van der Waals surface area (Å²) in [4.78, 5) is 21.1. The minimum Gasteiger partial charge on any atom is -0.305 e. The molecule has 0 aliphatic carbocycles. The smallest absolute Gasteiger partial charge is 0.259 e. The fourth-order valence-electron chi connectivity index (χ4n) is 5.77. The third kappa shape index (κ3) is 4.03. The molecule has 2 aliphatic rings. The summed E-state index contributed by atoms with van der Waals surface area (Å²) in [5, 5.41) is 5.45. The largest absolute Gasteiger partial charge is 0.305 e. The summed E-state index contributed by atoms with van der Waals surface area (Å²) >= 11 is 0. The first-order chi connectivity index (χ1) is 17.8. The number of anilines is 1. The molecule has 190 valence electrons. The highest BCUT2D eigenvalue weighted by Gasteiger charge is 2.35. The van der Waals surface area contributed by atoms with E-state index in [9.17, 15) is 13.2 Å². The molecule has 4 aromatic rings. The molecule has 6 rings (SSSR count). The Hall–Kier alpha value is -3.52. The SMILES string of the molecule is CCc1ccc(-c2cc(C(=O)N3c4ccccc4CC3C)c3c(C)nn(C4CCS(=O)(=O)C4)c3n2)cc1. The van der Waals surface area contributed by atoms with E-state index in [2.05, 4.69) is 32.0 Å². The van der Waals surface area contributed by atoms with E-state index in [0.717, 1.165) is 29.7 Å². The lowest BCUT2D eigenvalue weighted by molar-refractivity contribution is 0.0983. The maximum Gasteiger partial charge on any atom is 0.259 e. The molecule has 4 heterocycles. The fraction of sp³-hybridized carbons (Fsp3) is 0.345. The first-order valence-corrected chi connectivity index (χ1v) is 14.7. The van der Waals surface area contributed by atoms with E-state index in [1.165, 1.54) is 5.56 Å². The van der Waals surface area contributed by atoms with E-state index in [-0.39, 0.29) is 29.5 Å². The van der Waals surface area contributed by atoms with Gasteiger partial charge in [0.15, 0.2) is 15.5 Å². The third-order valence-electron chi connectivity index (χ3n) is 7.71. The lowest BCUT2D eigenvalue weighted by atomic mass is 10.0. The van der Waals surface area contributed by atoms with Crippen molar-refractivity contribution in [2.75, 3.05) is 16.4 Å². The van der Waals surface area contributed by atoms with Gasteiger partial charge in [0.2, 0.25) is 0 Å². The molecule has 2 aliphatic heterocycles. The van der Waals surface area contributed by atoms with Gasteiger partial charge in [-0.1, -0.05) is 49.4 Å². The van der Waals surface area contributed by atoms with E-state index < -0.39 is 9.84 Å². The number of aromatic nitrogens is 3. The number of carbonyl (C=O) groups excluding carboxylic acids is 1. The Morgan fingerprint density at radius 1 is 1.11 bits per heavy atom. The van der Waals surface area contributed by atoms with Crippen molar-refractivity contribution in [3.63, 3.8) is 0 Å². The highest BCUT2D eigenvalue weighted by Crippen LogP contribution is 2.37. The van der Waals surface area contributed by atoms with Crippen LogP contribution in [0.2, 0.25) is 0 Å². The van der Waals surface area contributed by atoms with Crippen molar-refractivity contribution in [1.82, 2.24) is 14.8 Å². The van der Waals surface area contributed by atoms with Gasteiger partial charge in [-0.05, 0) is 56.4 Å². The molecule has 7 nitrogen and oxygen atoms in total. The van der Waals surface area contributed by atoms with E-state index >= 15 is 0 Å². The summed E-state index contributed by atoms with van der Waals surface area (Å²) in [6, 6.07) is 17.9. The second-order valence-electron chi connectivity index (χ2n) is 10.2. The Balaban J connectivity index is 1.56. The Morgan fingerprint density at radius 2 is 1.86 bits per heavy atom. The molecule has 2 atom stereocenters. The molecule has 37 heavy (non-hydrogen) atoms. The highest BCUT2D eigenvalue weighted by atomic mass is 32.2. The van der Waals surface area contributed by atoms with E-state index in [1.807, 2.05) is 48.2 Å². The highest BCUT2D eigenvalue weighted by molar-refractivity contribution is 7.91. The molecule has 0 spiro atoms. The third-order valence-corrected chi connectivity index (χ3v) is 9.46. The molecule has 1 fully saturated rings. The number of nitrogens with zero attached hydrogens (tertiary/aromatic N) is 4. The van der Waals surface area contributed by atoms with Gasteiger partial charge in [0.25, 0.3) is 5.91 Å². The van der Waals surface area contributed by atoms with Gasteiger partial charge >= 0.3 is 0 Å². The van der Waals surface area contributed by atoms with Crippen LogP contribution < -0.4 is 4.90 Å². The molecule has 8 heteroatoms. The standard InChI is InChI=1S/C29H30N4O3S/c1-4-20-9-11-21(12-10-20)25-16-24(29(34)32-18(2)15-22-7-5-6-8-26(22)32)27-19(3)31-33(28(27)30-25)23-13-14-37(35,36)17-23/h5-12,16,18,23H,4,13-15,17H2,1-3H3. The van der Waals surface area contributed by atoms with E-state index in [0.29, 0.717) is 34.4 Å². The van der Waals surface area contributed by atoms with Crippen LogP contribution in [-0.4, -0.2) is 46.6 Å². The number of benzene rings is 2. The molecule has 0 bridgehead atoms. The molecule has 0 radical (unpaired) electrons. The van der Waals surface area contributed by atoms with Gasteiger partial charge in [-0.25, -0.2) is 18.1 Å². The predicted molar refractivity (Wildman–Crippen MR) is 146 cm³/mol. The summed E-state index contributed by atoms with van der Waals surface area (Å²) < 4.78 is 26.3.